The van der Waals surface area contributed by atoms with Gasteiger partial charge in [0.2, 0.25) is 0 Å². The van der Waals surface area contributed by atoms with E-state index >= 15 is 0 Å². The third kappa shape index (κ3) is 6.41. The number of benzene rings is 2. The molecule has 3 N–H and O–H groups in total. The van der Waals surface area contributed by atoms with Gasteiger partial charge in [-0.2, -0.15) is 9.78 Å². The Bertz CT molecular complexity index is 1270. The van der Waals surface area contributed by atoms with Crippen LogP contribution in [0.4, 0.5) is 23.7 Å². The monoisotopic (exact) mass is 516 g/mol. The van der Waals surface area contributed by atoms with Crippen LogP contribution in [0.2, 0.25) is 0 Å². The molecule has 1 aliphatic carbocycles. The summed E-state index contributed by atoms with van der Waals surface area (Å²) in [5, 5.41) is 20.5. The van der Waals surface area contributed by atoms with E-state index < -0.39 is 18.0 Å². The first kappa shape index (κ1) is 26.1. The summed E-state index contributed by atoms with van der Waals surface area (Å²) >= 11 is 0. The molecule has 4 rings (SSSR count). The number of phenolic OH excluding ortho intramolecular Hbond substituents is 1. The highest BCUT2D eigenvalue weighted by Gasteiger charge is 2.31. The van der Waals surface area contributed by atoms with Gasteiger partial charge in [-0.05, 0) is 67.8 Å². The van der Waals surface area contributed by atoms with Crippen LogP contribution < -0.4 is 15.4 Å². The number of hydrogen-bond donors (Lipinski definition) is 3. The van der Waals surface area contributed by atoms with E-state index in [1.807, 2.05) is 6.92 Å². The maximum Gasteiger partial charge on any atom is 0.573 e. The van der Waals surface area contributed by atoms with Crippen molar-refractivity contribution in [2.45, 2.75) is 51.3 Å². The molecule has 8 nitrogen and oxygen atoms in total. The number of rotatable bonds is 7. The van der Waals surface area contributed by atoms with Crippen molar-refractivity contribution in [3.8, 4) is 22.8 Å². The fourth-order valence-electron chi connectivity index (χ4n) is 4.34. The SMILES string of the molecule is CCCNC(=O)n1nc(-c2cc(NC(=O)c3ccc(OC(F)(F)F)cc3)ccc2O)cc1C1CCCC1. The Balaban J connectivity index is 1.57. The normalized spacial score (nSPS) is 13.9. The first-order valence-electron chi connectivity index (χ1n) is 12.0. The van der Waals surface area contributed by atoms with Crippen molar-refractivity contribution >= 4 is 17.6 Å². The molecule has 0 unspecified atom stereocenters. The number of carbonyl (C=O) groups is 2. The topological polar surface area (TPSA) is 105 Å². The van der Waals surface area contributed by atoms with Crippen molar-refractivity contribution in [2.75, 3.05) is 11.9 Å². The number of anilines is 1. The number of halogens is 3. The van der Waals surface area contributed by atoms with Crippen LogP contribution in [0.25, 0.3) is 11.3 Å². The molecule has 1 heterocycles. The van der Waals surface area contributed by atoms with Gasteiger partial charge in [0.25, 0.3) is 5.91 Å². The summed E-state index contributed by atoms with van der Waals surface area (Å²) < 4.78 is 42.3. The van der Waals surface area contributed by atoms with Gasteiger partial charge in [0, 0.05) is 29.3 Å². The first-order valence-corrected chi connectivity index (χ1v) is 12.0. The molecule has 196 valence electrons. The molecule has 1 aromatic heterocycles. The largest absolute Gasteiger partial charge is 0.573 e. The van der Waals surface area contributed by atoms with Crippen LogP contribution in [0.3, 0.4) is 0 Å². The van der Waals surface area contributed by atoms with E-state index in [9.17, 15) is 27.9 Å². The average Bonchev–Trinajstić information content (AvgIpc) is 3.53. The third-order valence-electron chi connectivity index (χ3n) is 6.11. The second kappa shape index (κ2) is 10.9. The van der Waals surface area contributed by atoms with Crippen molar-refractivity contribution in [3.63, 3.8) is 0 Å². The lowest BCUT2D eigenvalue weighted by atomic mass is 10.0. The Labute approximate surface area is 211 Å². The molecule has 2 aromatic carbocycles. The zero-order chi connectivity index (χ0) is 26.6. The Morgan fingerprint density at radius 1 is 1.11 bits per heavy atom. The number of ether oxygens (including phenoxy) is 1. The Kier molecular flexibility index (Phi) is 7.70. The van der Waals surface area contributed by atoms with Crippen LogP contribution in [-0.4, -0.2) is 39.7 Å². The fourth-order valence-corrected chi connectivity index (χ4v) is 4.34. The highest BCUT2D eigenvalue weighted by molar-refractivity contribution is 6.04. The number of nitrogens with one attached hydrogen (secondary N) is 2. The minimum Gasteiger partial charge on any atom is -0.507 e. The molecular weight excluding hydrogens is 489 g/mol. The average molecular weight is 517 g/mol. The van der Waals surface area contributed by atoms with Crippen LogP contribution in [0, 0.1) is 0 Å². The second-order valence-corrected chi connectivity index (χ2v) is 8.84. The smallest absolute Gasteiger partial charge is 0.507 e. The molecule has 1 aliphatic rings. The van der Waals surface area contributed by atoms with Gasteiger partial charge < -0.3 is 20.5 Å². The summed E-state index contributed by atoms with van der Waals surface area (Å²) in [6.07, 6.45) is -0.0233. The maximum atomic E-state index is 12.8. The Hall–Kier alpha value is -4.02. The van der Waals surface area contributed by atoms with Gasteiger partial charge in [-0.3, -0.25) is 4.79 Å². The summed E-state index contributed by atoms with van der Waals surface area (Å²) in [6.45, 7) is 2.46. The summed E-state index contributed by atoms with van der Waals surface area (Å²) in [7, 11) is 0. The van der Waals surface area contributed by atoms with Gasteiger partial charge in [0.05, 0.1) is 11.4 Å². The number of phenols is 1. The number of alkyl halides is 3. The molecule has 11 heteroatoms. The maximum absolute atomic E-state index is 12.8. The number of carbonyl (C=O) groups excluding carboxylic acids is 2. The molecule has 0 radical (unpaired) electrons. The van der Waals surface area contributed by atoms with E-state index in [1.54, 1.807) is 6.07 Å². The highest BCUT2D eigenvalue weighted by Crippen LogP contribution is 2.38. The van der Waals surface area contributed by atoms with Crippen LogP contribution in [0.5, 0.6) is 11.5 Å². The van der Waals surface area contributed by atoms with Crippen molar-refractivity contribution in [1.82, 2.24) is 15.1 Å². The minimum atomic E-state index is -4.83. The van der Waals surface area contributed by atoms with Crippen LogP contribution in [-0.2, 0) is 0 Å². The zero-order valence-corrected chi connectivity index (χ0v) is 20.1. The van der Waals surface area contributed by atoms with Crippen molar-refractivity contribution in [1.29, 1.82) is 0 Å². The third-order valence-corrected chi connectivity index (χ3v) is 6.11. The molecule has 0 bridgehead atoms. The fraction of sp³-hybridized carbons (Fsp3) is 0.346. The highest BCUT2D eigenvalue weighted by atomic mass is 19.4. The van der Waals surface area contributed by atoms with E-state index in [-0.39, 0.29) is 23.3 Å². The predicted molar refractivity (Wildman–Crippen MR) is 131 cm³/mol. The van der Waals surface area contributed by atoms with Gasteiger partial charge in [-0.1, -0.05) is 19.8 Å². The minimum absolute atomic E-state index is 0.0803. The molecule has 0 spiro atoms. The quantitative estimate of drug-likeness (QED) is 0.333. The van der Waals surface area contributed by atoms with E-state index in [0.29, 0.717) is 23.5 Å². The standard InChI is InChI=1S/C26H27F3N4O4/c1-2-13-30-25(36)33-22(16-5-3-4-6-16)15-21(32-33)20-14-18(9-12-23(20)34)31-24(35)17-7-10-19(11-8-17)37-26(27,28)29/h7-12,14-16,34H,2-6,13H2,1H3,(H,30,36)(H,31,35). The van der Waals surface area contributed by atoms with Gasteiger partial charge in [-0.25, -0.2) is 4.79 Å². The van der Waals surface area contributed by atoms with Crippen molar-refractivity contribution in [3.05, 3.63) is 59.8 Å². The predicted octanol–water partition coefficient (Wildman–Crippen LogP) is 6.03. The van der Waals surface area contributed by atoms with E-state index in [1.165, 1.54) is 35.0 Å². The summed E-state index contributed by atoms with van der Waals surface area (Å²) in [4.78, 5) is 25.4. The molecule has 0 atom stereocenters. The van der Waals surface area contributed by atoms with E-state index in [0.717, 1.165) is 49.9 Å². The van der Waals surface area contributed by atoms with E-state index in [2.05, 4.69) is 20.5 Å². The van der Waals surface area contributed by atoms with Crippen LogP contribution >= 0.6 is 0 Å². The first-order chi connectivity index (χ1) is 17.6. The lowest BCUT2D eigenvalue weighted by molar-refractivity contribution is -0.274. The van der Waals surface area contributed by atoms with Gasteiger partial charge in [0.15, 0.2) is 0 Å². The molecule has 1 fully saturated rings. The molecule has 2 amide bonds. The Morgan fingerprint density at radius 2 is 1.81 bits per heavy atom. The molecule has 3 aromatic rings. The molecule has 37 heavy (non-hydrogen) atoms. The number of nitrogens with zero attached hydrogens (tertiary/aromatic N) is 2. The molecule has 0 saturated heterocycles. The van der Waals surface area contributed by atoms with Crippen LogP contribution in [0.15, 0.2) is 48.5 Å². The summed E-state index contributed by atoms with van der Waals surface area (Å²) in [5.41, 5.74) is 1.94. The van der Waals surface area contributed by atoms with Crippen molar-refractivity contribution < 1.29 is 32.6 Å². The summed E-state index contributed by atoms with van der Waals surface area (Å²) in [6, 6.07) is 10.4. The Morgan fingerprint density at radius 3 is 2.46 bits per heavy atom. The van der Waals surface area contributed by atoms with Crippen LogP contribution in [0.1, 0.15) is 61.0 Å². The second-order valence-electron chi connectivity index (χ2n) is 8.84. The van der Waals surface area contributed by atoms with Gasteiger partial charge in [-0.15, -0.1) is 13.2 Å². The van der Waals surface area contributed by atoms with Gasteiger partial charge >= 0.3 is 12.4 Å². The van der Waals surface area contributed by atoms with E-state index in [4.69, 9.17) is 0 Å². The molecule has 0 aliphatic heterocycles. The zero-order valence-electron chi connectivity index (χ0n) is 20.1. The number of amides is 2. The van der Waals surface area contributed by atoms with Crippen molar-refractivity contribution in [2.24, 2.45) is 0 Å². The molecular formula is C26H27F3N4O4. The molecule has 1 saturated carbocycles. The summed E-state index contributed by atoms with van der Waals surface area (Å²) in [5.74, 6) is -0.898. The number of hydrogen-bond acceptors (Lipinski definition) is 5. The number of aromatic nitrogens is 2. The van der Waals surface area contributed by atoms with Gasteiger partial charge in [0.1, 0.15) is 11.5 Å². The lowest BCUT2D eigenvalue weighted by Crippen LogP contribution is -2.31. The number of aromatic hydroxyl groups is 1. The lowest BCUT2D eigenvalue weighted by Gasteiger charge is -2.11.